The number of benzene rings is 2. The summed E-state index contributed by atoms with van der Waals surface area (Å²) in [6.07, 6.45) is 0.283. The second-order valence-corrected chi connectivity index (χ2v) is 4.91. The van der Waals surface area contributed by atoms with E-state index in [9.17, 15) is 4.79 Å². The van der Waals surface area contributed by atoms with Crippen LogP contribution in [0.25, 0.3) is 22.6 Å². The van der Waals surface area contributed by atoms with E-state index in [1.165, 1.54) is 0 Å². The summed E-state index contributed by atoms with van der Waals surface area (Å²) in [4.78, 5) is 15.2. The van der Waals surface area contributed by atoms with Gasteiger partial charge in [-0.1, -0.05) is 60.7 Å². The molecule has 1 aromatic heterocycles. The SMILES string of the molecule is O=C(O)CCc1nc(-c2ccccc2)c(-c2ccccc2)o1.[KH].[KH].[KH]. The molecule has 0 fully saturated rings. The Labute approximate surface area is 274 Å². The molecule has 0 spiro atoms. The van der Waals surface area contributed by atoms with Gasteiger partial charge in [0.2, 0.25) is 0 Å². The van der Waals surface area contributed by atoms with E-state index in [1.54, 1.807) is 0 Å². The molecule has 4 nitrogen and oxygen atoms in total. The number of nitrogens with zero attached hydrogens (tertiary/aromatic N) is 1. The molecule has 0 aliphatic heterocycles. The number of oxazole rings is 1. The summed E-state index contributed by atoms with van der Waals surface area (Å²) in [7, 11) is 0. The minimum atomic E-state index is -0.860. The van der Waals surface area contributed by atoms with Crippen molar-refractivity contribution in [3.8, 4) is 22.6 Å². The second kappa shape index (κ2) is 14.1. The zero-order valence-electron chi connectivity index (χ0n) is 11.9. The van der Waals surface area contributed by atoms with Crippen LogP contribution >= 0.6 is 0 Å². The van der Waals surface area contributed by atoms with Crippen LogP contribution in [0.2, 0.25) is 0 Å². The third-order valence-corrected chi connectivity index (χ3v) is 3.31. The Bertz CT molecular complexity index is 720. The fourth-order valence-corrected chi connectivity index (χ4v) is 2.26. The summed E-state index contributed by atoms with van der Waals surface area (Å²) in [6.45, 7) is 0. The molecule has 0 aliphatic carbocycles. The average molecular weight is 414 g/mol. The maximum atomic E-state index is 10.7. The van der Waals surface area contributed by atoms with E-state index in [0.717, 1.165) is 16.8 Å². The van der Waals surface area contributed by atoms with Crippen LogP contribution in [0.3, 0.4) is 0 Å². The molecule has 3 rings (SSSR count). The summed E-state index contributed by atoms with van der Waals surface area (Å²) in [6, 6.07) is 19.5. The molecule has 0 bridgehead atoms. The zero-order valence-corrected chi connectivity index (χ0v) is 11.9. The van der Waals surface area contributed by atoms with Crippen LogP contribution in [-0.4, -0.2) is 170 Å². The van der Waals surface area contributed by atoms with E-state index < -0.39 is 5.97 Å². The maximum absolute atomic E-state index is 10.7. The fraction of sp³-hybridized carbons (Fsp3) is 0.111. The Morgan fingerprint density at radius 2 is 1.40 bits per heavy atom. The topological polar surface area (TPSA) is 63.3 Å². The molecule has 0 unspecified atom stereocenters. The molecule has 0 saturated carbocycles. The first-order chi connectivity index (χ1) is 10.7. The van der Waals surface area contributed by atoms with Crippen LogP contribution in [0.1, 0.15) is 12.3 Å². The monoisotopic (exact) mass is 413 g/mol. The van der Waals surface area contributed by atoms with Crippen molar-refractivity contribution in [3.63, 3.8) is 0 Å². The van der Waals surface area contributed by atoms with Gasteiger partial charge in [-0.05, 0) is 0 Å². The van der Waals surface area contributed by atoms with Gasteiger partial charge in [0.15, 0.2) is 11.7 Å². The standard InChI is InChI=1S/C18H15NO3.3K.3H/c20-16(21)12-11-15-19-17(13-7-3-1-4-8-13)18(22-15)14-9-5-2-6-10-14;;;;;;/h1-10H,11-12H2,(H,20,21);;;;;;. The Hall–Kier alpha value is 2.03. The summed E-state index contributed by atoms with van der Waals surface area (Å²) in [5.41, 5.74) is 2.62. The Morgan fingerprint density at radius 3 is 1.92 bits per heavy atom. The van der Waals surface area contributed by atoms with Gasteiger partial charge in [0.1, 0.15) is 5.69 Å². The van der Waals surface area contributed by atoms with Crippen molar-refractivity contribution in [2.45, 2.75) is 12.8 Å². The number of aromatic nitrogens is 1. The van der Waals surface area contributed by atoms with Gasteiger partial charge in [-0.3, -0.25) is 4.79 Å². The first-order valence-corrected chi connectivity index (χ1v) is 7.06. The average Bonchev–Trinajstić information content (AvgIpc) is 2.99. The van der Waals surface area contributed by atoms with Crippen molar-refractivity contribution < 1.29 is 14.3 Å². The van der Waals surface area contributed by atoms with Gasteiger partial charge in [0, 0.05) is 17.5 Å². The molecule has 1 N–H and O–H groups in total. The molecule has 2 aromatic carbocycles. The predicted octanol–water partition coefficient (Wildman–Crippen LogP) is 2.08. The Morgan fingerprint density at radius 1 is 0.880 bits per heavy atom. The van der Waals surface area contributed by atoms with Crippen LogP contribution in [0, 0.1) is 0 Å². The first-order valence-electron chi connectivity index (χ1n) is 7.06. The third kappa shape index (κ3) is 8.12. The minimum absolute atomic E-state index is 0. The van der Waals surface area contributed by atoms with Gasteiger partial charge in [-0.25, -0.2) is 4.98 Å². The van der Waals surface area contributed by atoms with Crippen LogP contribution < -0.4 is 0 Å². The van der Waals surface area contributed by atoms with E-state index in [1.807, 2.05) is 60.7 Å². The van der Waals surface area contributed by atoms with E-state index >= 15 is 0 Å². The van der Waals surface area contributed by atoms with Gasteiger partial charge in [-0.15, -0.1) is 0 Å². The van der Waals surface area contributed by atoms with Crippen molar-refractivity contribution >= 4 is 160 Å². The number of carbonyl (C=O) groups is 1. The molecule has 7 heteroatoms. The number of hydrogen-bond donors (Lipinski definition) is 1. The van der Waals surface area contributed by atoms with Gasteiger partial charge in [0.05, 0.1) is 6.42 Å². The van der Waals surface area contributed by atoms with E-state index in [0.29, 0.717) is 11.7 Å². The number of carboxylic acids is 1. The van der Waals surface area contributed by atoms with E-state index in [2.05, 4.69) is 4.98 Å². The van der Waals surface area contributed by atoms with Crippen LogP contribution in [-0.2, 0) is 11.2 Å². The van der Waals surface area contributed by atoms with Gasteiger partial charge < -0.3 is 9.52 Å². The summed E-state index contributed by atoms with van der Waals surface area (Å²) >= 11 is 0. The molecule has 1 heterocycles. The third-order valence-electron chi connectivity index (χ3n) is 3.31. The van der Waals surface area contributed by atoms with Crippen LogP contribution in [0.15, 0.2) is 65.1 Å². The van der Waals surface area contributed by atoms with Crippen molar-refractivity contribution in [1.82, 2.24) is 4.98 Å². The fourth-order valence-electron chi connectivity index (χ4n) is 2.26. The molecular weight excluding hydrogens is 395 g/mol. The van der Waals surface area contributed by atoms with Crippen LogP contribution in [0.4, 0.5) is 0 Å². The molecule has 0 saturated heterocycles. The first kappa shape index (κ1) is 27.0. The van der Waals surface area contributed by atoms with Crippen molar-refractivity contribution in [1.29, 1.82) is 0 Å². The van der Waals surface area contributed by atoms with E-state index in [4.69, 9.17) is 9.52 Å². The number of aliphatic carboxylic acids is 1. The van der Waals surface area contributed by atoms with Gasteiger partial charge in [-0.2, -0.15) is 0 Å². The van der Waals surface area contributed by atoms with E-state index in [-0.39, 0.29) is 167 Å². The molecule has 0 aliphatic rings. The van der Waals surface area contributed by atoms with Crippen LogP contribution in [0.5, 0.6) is 0 Å². The van der Waals surface area contributed by atoms with Crippen molar-refractivity contribution in [3.05, 3.63) is 66.6 Å². The Balaban J connectivity index is 0.00000192. The van der Waals surface area contributed by atoms with Gasteiger partial charge in [0.25, 0.3) is 0 Å². The molecular formula is C18H18K3NO3. The normalized spacial score (nSPS) is 9.28. The molecule has 0 amide bonds. The quantitative estimate of drug-likeness (QED) is 0.651. The molecule has 0 radical (unpaired) electrons. The van der Waals surface area contributed by atoms with Crippen molar-refractivity contribution in [2.24, 2.45) is 0 Å². The number of aryl methyl sites for hydroxylation is 1. The summed E-state index contributed by atoms with van der Waals surface area (Å²) < 4.78 is 5.83. The number of rotatable bonds is 5. The summed E-state index contributed by atoms with van der Waals surface area (Å²) in [5.74, 6) is 0.257. The molecule has 116 valence electrons. The molecule has 3 aromatic rings. The zero-order chi connectivity index (χ0) is 15.4. The predicted molar refractivity (Wildman–Crippen MR) is 105 cm³/mol. The molecule has 0 atom stereocenters. The molecule has 25 heavy (non-hydrogen) atoms. The summed E-state index contributed by atoms with van der Waals surface area (Å²) in [5, 5.41) is 8.82. The number of hydrogen-bond acceptors (Lipinski definition) is 3. The second-order valence-electron chi connectivity index (χ2n) is 4.91. The van der Waals surface area contributed by atoms with Crippen molar-refractivity contribution in [2.75, 3.05) is 0 Å². The number of carboxylic acid groups (broad SMARTS) is 1. The Kier molecular flexibility index (Phi) is 15.2. The van der Waals surface area contributed by atoms with Gasteiger partial charge >= 0.3 is 160 Å².